The summed E-state index contributed by atoms with van der Waals surface area (Å²) in [7, 11) is 3.17. The number of benzene rings is 3. The van der Waals surface area contributed by atoms with Gasteiger partial charge in [0.2, 0.25) is 0 Å². The van der Waals surface area contributed by atoms with E-state index in [1.165, 1.54) is 6.33 Å². The molecule has 0 aliphatic rings. The molecule has 0 saturated heterocycles. The fraction of sp³-hybridized carbons (Fsp3) is 0.182. The monoisotopic (exact) mass is 375 g/mol. The SMILES string of the molecule is COc1cc2ncnc(NCC(O)c3ccc4ccccc4c3)c2cc1OC. The van der Waals surface area contributed by atoms with Crippen molar-refractivity contribution >= 4 is 27.5 Å². The number of nitrogens with one attached hydrogen (secondary N) is 1. The number of nitrogens with zero attached hydrogens (tertiary/aromatic N) is 2. The van der Waals surface area contributed by atoms with Gasteiger partial charge < -0.3 is 19.9 Å². The Hall–Kier alpha value is -3.38. The topological polar surface area (TPSA) is 76.5 Å². The summed E-state index contributed by atoms with van der Waals surface area (Å²) in [4.78, 5) is 8.62. The number of aliphatic hydroxyl groups is 1. The standard InChI is InChI=1S/C22H21N3O3/c1-27-20-10-17-18(11-21(20)28-2)24-13-25-22(17)23-12-19(26)16-8-7-14-5-3-4-6-15(14)9-16/h3-11,13,19,26H,12H2,1-2H3,(H,23,24,25). The molecule has 0 spiro atoms. The van der Waals surface area contributed by atoms with E-state index in [2.05, 4.69) is 21.4 Å². The molecule has 0 saturated carbocycles. The van der Waals surface area contributed by atoms with Gasteiger partial charge in [-0.1, -0.05) is 36.4 Å². The van der Waals surface area contributed by atoms with E-state index in [0.29, 0.717) is 23.9 Å². The van der Waals surface area contributed by atoms with Crippen molar-refractivity contribution in [3.8, 4) is 11.5 Å². The third-order valence-electron chi connectivity index (χ3n) is 4.76. The zero-order valence-corrected chi connectivity index (χ0v) is 15.7. The molecule has 1 aromatic heterocycles. The summed E-state index contributed by atoms with van der Waals surface area (Å²) >= 11 is 0. The number of aromatic nitrogens is 2. The summed E-state index contributed by atoms with van der Waals surface area (Å²) in [6, 6.07) is 17.7. The number of fused-ring (bicyclic) bond motifs is 2. The van der Waals surface area contributed by atoms with Crippen molar-refractivity contribution in [2.24, 2.45) is 0 Å². The maximum atomic E-state index is 10.6. The molecule has 3 aromatic carbocycles. The van der Waals surface area contributed by atoms with E-state index in [0.717, 1.165) is 27.2 Å². The fourth-order valence-electron chi connectivity index (χ4n) is 3.25. The van der Waals surface area contributed by atoms with Crippen LogP contribution in [0.3, 0.4) is 0 Å². The minimum absolute atomic E-state index is 0.318. The van der Waals surface area contributed by atoms with Crippen LogP contribution in [0, 0.1) is 0 Å². The molecule has 1 heterocycles. The first kappa shape index (κ1) is 18.0. The molecule has 6 heteroatoms. The number of anilines is 1. The molecule has 0 aliphatic heterocycles. The molecular weight excluding hydrogens is 354 g/mol. The molecule has 0 aliphatic carbocycles. The van der Waals surface area contributed by atoms with Gasteiger partial charge in [-0.15, -0.1) is 0 Å². The summed E-state index contributed by atoms with van der Waals surface area (Å²) in [5.74, 6) is 1.84. The number of ether oxygens (including phenoxy) is 2. The first-order chi connectivity index (χ1) is 13.7. The average Bonchev–Trinajstić information content (AvgIpc) is 2.75. The van der Waals surface area contributed by atoms with Crippen LogP contribution in [0.25, 0.3) is 21.7 Å². The van der Waals surface area contributed by atoms with Crippen LogP contribution in [0.2, 0.25) is 0 Å². The highest BCUT2D eigenvalue weighted by atomic mass is 16.5. The summed E-state index contributed by atoms with van der Waals surface area (Å²) in [5, 5.41) is 16.9. The van der Waals surface area contributed by atoms with Crippen LogP contribution in [-0.4, -0.2) is 35.8 Å². The van der Waals surface area contributed by atoms with Gasteiger partial charge >= 0.3 is 0 Å². The van der Waals surface area contributed by atoms with Gasteiger partial charge in [-0.05, 0) is 28.5 Å². The zero-order valence-electron chi connectivity index (χ0n) is 15.7. The van der Waals surface area contributed by atoms with Gasteiger partial charge in [0.1, 0.15) is 12.1 Å². The van der Waals surface area contributed by atoms with Gasteiger partial charge in [0.15, 0.2) is 11.5 Å². The van der Waals surface area contributed by atoms with Gasteiger partial charge in [0.25, 0.3) is 0 Å². The zero-order chi connectivity index (χ0) is 19.5. The molecule has 1 atom stereocenters. The third kappa shape index (κ3) is 3.42. The van der Waals surface area contributed by atoms with E-state index >= 15 is 0 Å². The Kier molecular flexibility index (Phi) is 4.95. The second-order valence-electron chi connectivity index (χ2n) is 6.45. The smallest absolute Gasteiger partial charge is 0.162 e. The Balaban J connectivity index is 1.59. The maximum absolute atomic E-state index is 10.6. The molecule has 6 nitrogen and oxygen atoms in total. The molecule has 142 valence electrons. The van der Waals surface area contributed by atoms with E-state index in [4.69, 9.17) is 9.47 Å². The highest BCUT2D eigenvalue weighted by Gasteiger charge is 2.13. The minimum atomic E-state index is -0.672. The van der Waals surface area contributed by atoms with Crippen molar-refractivity contribution in [1.29, 1.82) is 0 Å². The third-order valence-corrected chi connectivity index (χ3v) is 4.76. The molecular formula is C22H21N3O3. The summed E-state index contributed by atoms with van der Waals surface area (Å²) < 4.78 is 10.7. The van der Waals surface area contributed by atoms with Crippen LogP contribution < -0.4 is 14.8 Å². The van der Waals surface area contributed by atoms with Crippen molar-refractivity contribution < 1.29 is 14.6 Å². The quantitative estimate of drug-likeness (QED) is 0.531. The van der Waals surface area contributed by atoms with Gasteiger partial charge in [0, 0.05) is 18.0 Å². The van der Waals surface area contributed by atoms with Crippen LogP contribution in [0.1, 0.15) is 11.7 Å². The maximum Gasteiger partial charge on any atom is 0.162 e. The van der Waals surface area contributed by atoms with Crippen molar-refractivity contribution in [2.75, 3.05) is 26.1 Å². The van der Waals surface area contributed by atoms with Gasteiger partial charge in [0.05, 0.1) is 25.8 Å². The Morgan fingerprint density at radius 2 is 1.68 bits per heavy atom. The van der Waals surface area contributed by atoms with Gasteiger partial charge in [-0.2, -0.15) is 0 Å². The second kappa shape index (κ2) is 7.70. The van der Waals surface area contributed by atoms with Crippen molar-refractivity contribution in [1.82, 2.24) is 9.97 Å². The highest BCUT2D eigenvalue weighted by molar-refractivity contribution is 5.91. The number of hydrogen-bond acceptors (Lipinski definition) is 6. The van der Waals surface area contributed by atoms with Crippen molar-refractivity contribution in [3.63, 3.8) is 0 Å². The molecule has 0 fully saturated rings. The molecule has 4 rings (SSSR count). The van der Waals surface area contributed by atoms with Gasteiger partial charge in [-0.25, -0.2) is 9.97 Å². The Bertz CT molecular complexity index is 1130. The minimum Gasteiger partial charge on any atom is -0.493 e. The predicted molar refractivity (Wildman–Crippen MR) is 110 cm³/mol. The van der Waals surface area contributed by atoms with E-state index < -0.39 is 6.10 Å². The Morgan fingerprint density at radius 1 is 0.929 bits per heavy atom. The molecule has 0 bridgehead atoms. The first-order valence-electron chi connectivity index (χ1n) is 8.97. The normalized spacial score (nSPS) is 12.1. The van der Waals surface area contributed by atoms with Crippen LogP contribution in [-0.2, 0) is 0 Å². The lowest BCUT2D eigenvalue weighted by Crippen LogP contribution is -2.13. The van der Waals surface area contributed by atoms with E-state index in [1.807, 2.05) is 42.5 Å². The summed E-state index contributed by atoms with van der Waals surface area (Å²) in [5.41, 5.74) is 1.58. The summed E-state index contributed by atoms with van der Waals surface area (Å²) in [6.07, 6.45) is 0.814. The number of hydrogen-bond donors (Lipinski definition) is 2. The fourth-order valence-corrected chi connectivity index (χ4v) is 3.25. The largest absolute Gasteiger partial charge is 0.493 e. The molecule has 0 amide bonds. The molecule has 1 unspecified atom stereocenters. The summed E-state index contributed by atoms with van der Waals surface area (Å²) in [6.45, 7) is 0.318. The lowest BCUT2D eigenvalue weighted by atomic mass is 10.0. The number of methoxy groups -OCH3 is 2. The van der Waals surface area contributed by atoms with E-state index in [1.54, 1.807) is 20.3 Å². The van der Waals surface area contributed by atoms with Gasteiger partial charge in [-0.3, -0.25) is 0 Å². The Labute approximate surface area is 162 Å². The first-order valence-corrected chi connectivity index (χ1v) is 8.97. The molecule has 2 N–H and O–H groups in total. The van der Waals surface area contributed by atoms with E-state index in [9.17, 15) is 5.11 Å². The average molecular weight is 375 g/mol. The van der Waals surface area contributed by atoms with E-state index in [-0.39, 0.29) is 0 Å². The number of rotatable bonds is 6. The number of aliphatic hydroxyl groups excluding tert-OH is 1. The molecule has 28 heavy (non-hydrogen) atoms. The van der Waals surface area contributed by atoms with Crippen molar-refractivity contribution in [2.45, 2.75) is 6.10 Å². The lowest BCUT2D eigenvalue weighted by molar-refractivity contribution is 0.191. The lowest BCUT2D eigenvalue weighted by Gasteiger charge is -2.15. The van der Waals surface area contributed by atoms with Crippen molar-refractivity contribution in [3.05, 3.63) is 66.5 Å². The molecule has 0 radical (unpaired) electrons. The highest BCUT2D eigenvalue weighted by Crippen LogP contribution is 2.33. The van der Waals surface area contributed by atoms with Crippen LogP contribution in [0.5, 0.6) is 11.5 Å². The second-order valence-corrected chi connectivity index (χ2v) is 6.45. The Morgan fingerprint density at radius 3 is 2.46 bits per heavy atom. The predicted octanol–water partition coefficient (Wildman–Crippen LogP) is 3.95. The van der Waals surface area contributed by atoms with Crippen LogP contribution >= 0.6 is 0 Å². The molecule has 4 aromatic rings. The van der Waals surface area contributed by atoms with Crippen LogP contribution in [0.4, 0.5) is 5.82 Å². The van der Waals surface area contributed by atoms with Crippen LogP contribution in [0.15, 0.2) is 60.9 Å².